The fraction of sp³-hybridized carbons (Fsp3) is 0.333. The molecule has 0 fully saturated rings. The molecule has 1 atom stereocenters. The zero-order valence-electron chi connectivity index (χ0n) is 17.8. The lowest BCUT2D eigenvalue weighted by atomic mass is 9.83. The molecular formula is C24H24ClF2NO3. The van der Waals surface area contributed by atoms with Crippen LogP contribution in [0, 0.1) is 11.6 Å². The third kappa shape index (κ3) is 4.96. The van der Waals surface area contributed by atoms with Crippen LogP contribution < -0.4 is 0 Å². The largest absolute Gasteiger partial charge is 0.457 e. The van der Waals surface area contributed by atoms with Crippen LogP contribution in [0.25, 0.3) is 0 Å². The molecule has 1 amide bonds. The van der Waals surface area contributed by atoms with Crippen molar-refractivity contribution in [2.45, 2.75) is 52.2 Å². The first-order valence-electron chi connectivity index (χ1n) is 9.91. The Hall–Kier alpha value is -2.73. The summed E-state index contributed by atoms with van der Waals surface area (Å²) in [5.41, 5.74) is 0.511. The molecule has 4 nitrogen and oxygen atoms in total. The molecule has 0 saturated carbocycles. The highest BCUT2D eigenvalue weighted by molar-refractivity contribution is 6.31. The van der Waals surface area contributed by atoms with Gasteiger partial charge in [0, 0.05) is 28.6 Å². The number of nitrogens with zero attached hydrogens (tertiary/aromatic N) is 1. The normalized spacial score (nSPS) is 17.2. The van der Waals surface area contributed by atoms with E-state index in [1.807, 2.05) is 0 Å². The van der Waals surface area contributed by atoms with Gasteiger partial charge in [0.15, 0.2) is 11.6 Å². The highest BCUT2D eigenvalue weighted by Crippen LogP contribution is 2.40. The van der Waals surface area contributed by atoms with E-state index in [0.717, 1.165) is 6.07 Å². The Kier molecular flexibility index (Phi) is 6.51. The quantitative estimate of drug-likeness (QED) is 0.560. The Balaban J connectivity index is 2.10. The topological polar surface area (TPSA) is 46.6 Å². The van der Waals surface area contributed by atoms with Gasteiger partial charge in [-0.2, -0.15) is 0 Å². The number of carbonyl (C=O) groups excluding carboxylic acids is 2. The van der Waals surface area contributed by atoms with E-state index in [4.69, 9.17) is 16.3 Å². The third-order valence-corrected chi connectivity index (χ3v) is 5.43. The molecule has 0 N–H and O–H groups in total. The van der Waals surface area contributed by atoms with Gasteiger partial charge in [-0.15, -0.1) is 0 Å². The second kappa shape index (κ2) is 8.79. The van der Waals surface area contributed by atoms with E-state index in [-0.39, 0.29) is 30.0 Å². The number of amides is 1. The lowest BCUT2D eigenvalue weighted by molar-refractivity contribution is -0.150. The Labute approximate surface area is 185 Å². The van der Waals surface area contributed by atoms with E-state index in [9.17, 15) is 18.4 Å². The van der Waals surface area contributed by atoms with Crippen molar-refractivity contribution in [2.75, 3.05) is 0 Å². The number of esters is 1. The van der Waals surface area contributed by atoms with Crippen LogP contribution in [0.5, 0.6) is 0 Å². The third-order valence-electron chi connectivity index (χ3n) is 5.08. The molecule has 3 rings (SSSR count). The first-order valence-corrected chi connectivity index (χ1v) is 10.3. The summed E-state index contributed by atoms with van der Waals surface area (Å²) < 4.78 is 33.5. The summed E-state index contributed by atoms with van der Waals surface area (Å²) in [7, 11) is 0. The SMILES string of the molecule is CC1=C(C(=O)OC(C)(C)C)C(c2ccccc2Cl)CC(=O)N1Cc1cccc(F)c1F. The molecule has 0 saturated heterocycles. The summed E-state index contributed by atoms with van der Waals surface area (Å²) in [6.07, 6.45) is -0.0490. The first-order chi connectivity index (χ1) is 14.5. The van der Waals surface area contributed by atoms with Crippen LogP contribution in [0.2, 0.25) is 5.02 Å². The number of rotatable bonds is 4. The van der Waals surface area contributed by atoms with Gasteiger partial charge in [0.25, 0.3) is 0 Å². The molecule has 0 bridgehead atoms. The average Bonchev–Trinajstić information content (AvgIpc) is 2.66. The molecule has 1 heterocycles. The number of ether oxygens (including phenoxy) is 1. The molecule has 1 aliphatic rings. The first kappa shape index (κ1) is 22.9. The van der Waals surface area contributed by atoms with Crippen LogP contribution >= 0.6 is 11.6 Å². The molecule has 31 heavy (non-hydrogen) atoms. The van der Waals surface area contributed by atoms with Crippen LogP contribution in [-0.4, -0.2) is 22.4 Å². The molecule has 1 aliphatic heterocycles. The van der Waals surface area contributed by atoms with Crippen molar-refractivity contribution in [3.05, 3.63) is 81.5 Å². The van der Waals surface area contributed by atoms with Crippen molar-refractivity contribution in [1.29, 1.82) is 0 Å². The Morgan fingerprint density at radius 2 is 1.84 bits per heavy atom. The van der Waals surface area contributed by atoms with Crippen molar-refractivity contribution in [3.8, 4) is 0 Å². The highest BCUT2D eigenvalue weighted by atomic mass is 35.5. The zero-order chi connectivity index (χ0) is 22.9. The van der Waals surface area contributed by atoms with Gasteiger partial charge >= 0.3 is 5.97 Å². The molecule has 0 aliphatic carbocycles. The Bertz CT molecular complexity index is 1060. The number of hydrogen-bond donors (Lipinski definition) is 0. The minimum Gasteiger partial charge on any atom is -0.457 e. The lowest BCUT2D eigenvalue weighted by Crippen LogP contribution is -2.39. The second-order valence-electron chi connectivity index (χ2n) is 8.47. The summed E-state index contributed by atoms with van der Waals surface area (Å²) in [5.74, 6) is -3.52. The predicted molar refractivity (Wildman–Crippen MR) is 114 cm³/mol. The van der Waals surface area contributed by atoms with Gasteiger partial charge in [-0.05, 0) is 45.4 Å². The van der Waals surface area contributed by atoms with Crippen molar-refractivity contribution in [3.63, 3.8) is 0 Å². The van der Waals surface area contributed by atoms with Crippen LogP contribution in [-0.2, 0) is 20.9 Å². The van der Waals surface area contributed by atoms with Gasteiger partial charge in [0.05, 0.1) is 12.1 Å². The van der Waals surface area contributed by atoms with E-state index in [2.05, 4.69) is 0 Å². The van der Waals surface area contributed by atoms with Crippen molar-refractivity contribution in [2.24, 2.45) is 0 Å². The van der Waals surface area contributed by atoms with Gasteiger partial charge in [-0.1, -0.05) is 41.9 Å². The Morgan fingerprint density at radius 1 is 1.16 bits per heavy atom. The minimum absolute atomic E-state index is 0.0208. The Morgan fingerprint density at radius 3 is 2.48 bits per heavy atom. The smallest absolute Gasteiger partial charge is 0.336 e. The van der Waals surface area contributed by atoms with Crippen molar-refractivity contribution < 1.29 is 23.1 Å². The number of hydrogen-bond acceptors (Lipinski definition) is 3. The van der Waals surface area contributed by atoms with Crippen molar-refractivity contribution >= 4 is 23.5 Å². The second-order valence-corrected chi connectivity index (χ2v) is 8.88. The maximum absolute atomic E-state index is 14.2. The fourth-order valence-electron chi connectivity index (χ4n) is 3.67. The van der Waals surface area contributed by atoms with Crippen LogP contribution in [0.15, 0.2) is 53.7 Å². The van der Waals surface area contributed by atoms with E-state index in [0.29, 0.717) is 16.3 Å². The van der Waals surface area contributed by atoms with Gasteiger partial charge < -0.3 is 9.64 Å². The number of allylic oxidation sites excluding steroid dienone is 1. The van der Waals surface area contributed by atoms with E-state index >= 15 is 0 Å². The number of halogens is 3. The van der Waals surface area contributed by atoms with Gasteiger partial charge in [-0.25, -0.2) is 13.6 Å². The van der Waals surface area contributed by atoms with E-state index in [1.54, 1.807) is 52.0 Å². The molecular weight excluding hydrogens is 424 g/mol. The molecule has 164 valence electrons. The standard InChI is InChI=1S/C24H24ClF2NO3/c1-14-21(23(30)31-24(2,3)4)17(16-9-5-6-10-18(16)25)12-20(29)28(14)13-15-8-7-11-19(26)22(15)27/h5-11,17H,12-13H2,1-4H3. The predicted octanol–water partition coefficient (Wildman–Crippen LogP) is 5.75. The van der Waals surface area contributed by atoms with Gasteiger partial charge in [0.1, 0.15) is 5.60 Å². The van der Waals surface area contributed by atoms with Crippen LogP contribution in [0.1, 0.15) is 51.2 Å². The fourth-order valence-corrected chi connectivity index (χ4v) is 3.93. The molecule has 1 unspecified atom stereocenters. The summed E-state index contributed by atoms with van der Waals surface area (Å²) in [6.45, 7) is 6.66. The van der Waals surface area contributed by atoms with Crippen LogP contribution in [0.4, 0.5) is 8.78 Å². The van der Waals surface area contributed by atoms with E-state index in [1.165, 1.54) is 17.0 Å². The van der Waals surface area contributed by atoms with E-state index < -0.39 is 29.1 Å². The molecule has 2 aromatic carbocycles. The van der Waals surface area contributed by atoms with Gasteiger partial charge in [0.2, 0.25) is 5.91 Å². The summed E-state index contributed by atoms with van der Waals surface area (Å²) in [6, 6.07) is 10.8. The maximum atomic E-state index is 14.2. The average molecular weight is 448 g/mol. The number of benzene rings is 2. The summed E-state index contributed by atoms with van der Waals surface area (Å²) >= 11 is 6.37. The maximum Gasteiger partial charge on any atom is 0.336 e. The molecule has 7 heteroatoms. The molecule has 2 aromatic rings. The number of carbonyl (C=O) groups is 2. The summed E-state index contributed by atoms with van der Waals surface area (Å²) in [5, 5.41) is 0.429. The molecule has 0 aromatic heterocycles. The zero-order valence-corrected chi connectivity index (χ0v) is 18.6. The van der Waals surface area contributed by atoms with Gasteiger partial charge in [-0.3, -0.25) is 4.79 Å². The van der Waals surface area contributed by atoms with Crippen molar-refractivity contribution in [1.82, 2.24) is 4.90 Å². The summed E-state index contributed by atoms with van der Waals surface area (Å²) in [4.78, 5) is 27.5. The highest BCUT2D eigenvalue weighted by Gasteiger charge is 2.39. The lowest BCUT2D eigenvalue weighted by Gasteiger charge is -2.35. The molecule has 0 radical (unpaired) electrons. The molecule has 0 spiro atoms. The minimum atomic E-state index is -1.02. The monoisotopic (exact) mass is 447 g/mol. The van der Waals surface area contributed by atoms with Crippen LogP contribution in [0.3, 0.4) is 0 Å².